The fraction of sp³-hybridized carbons (Fsp3) is 0.571. The molecule has 0 fully saturated rings. The van der Waals surface area contributed by atoms with Gasteiger partial charge in [0.15, 0.2) is 0 Å². The molecule has 1 aromatic rings. The average Bonchev–Trinajstić information content (AvgIpc) is 2.68. The summed E-state index contributed by atoms with van der Waals surface area (Å²) in [5, 5.41) is 12.0. The number of nitrogens with two attached hydrogens (primary N) is 2. The first-order valence-corrected chi connectivity index (χ1v) is 9.95. The van der Waals surface area contributed by atoms with Crippen molar-refractivity contribution in [3.8, 4) is 5.75 Å². The predicted octanol–water partition coefficient (Wildman–Crippen LogP) is 1.15. The fourth-order valence-corrected chi connectivity index (χ4v) is 2.56. The highest BCUT2D eigenvalue weighted by atomic mass is 16.3. The van der Waals surface area contributed by atoms with E-state index in [4.69, 9.17) is 11.5 Å². The minimum Gasteiger partial charge on any atom is -0.508 e. The molecule has 164 valence electrons. The molecule has 0 aliphatic carbocycles. The van der Waals surface area contributed by atoms with Gasteiger partial charge in [0.25, 0.3) is 0 Å². The molecule has 1 rings (SSSR count). The van der Waals surface area contributed by atoms with E-state index >= 15 is 0 Å². The van der Waals surface area contributed by atoms with Crippen LogP contribution in [0.25, 0.3) is 0 Å². The Morgan fingerprint density at radius 1 is 1.17 bits per heavy atom. The van der Waals surface area contributed by atoms with E-state index in [2.05, 4.69) is 12.2 Å². The number of likely N-dealkylation sites (N-methyl/N-ethyl adjacent to an activating group) is 1. The number of aromatic hydroxyl groups is 1. The Morgan fingerprint density at radius 3 is 2.17 bits per heavy atom. The number of nitrogens with zero attached hydrogens (tertiary/aromatic N) is 1. The van der Waals surface area contributed by atoms with Crippen LogP contribution in [0, 0.1) is 5.92 Å². The van der Waals surface area contributed by atoms with Crippen LogP contribution in [0.5, 0.6) is 5.75 Å². The van der Waals surface area contributed by atoms with Crippen molar-refractivity contribution in [1.82, 2.24) is 10.2 Å². The molecule has 1 aromatic carbocycles. The van der Waals surface area contributed by atoms with E-state index in [1.54, 1.807) is 38.2 Å². The van der Waals surface area contributed by atoms with E-state index in [-0.39, 0.29) is 42.5 Å². The van der Waals surface area contributed by atoms with E-state index in [1.807, 2.05) is 6.92 Å². The smallest absolute Gasteiger partial charge is 0.239 e. The lowest BCUT2D eigenvalue weighted by atomic mass is 10.00. The van der Waals surface area contributed by atoms with Crippen LogP contribution in [0.4, 0.5) is 0 Å². The molecule has 29 heavy (non-hydrogen) atoms. The Labute approximate surface area is 173 Å². The number of hydrogen-bond donors (Lipinski definition) is 4. The van der Waals surface area contributed by atoms with Crippen LogP contribution in [0.1, 0.15) is 45.6 Å². The minimum absolute atomic E-state index is 0.0754. The first kappa shape index (κ1) is 26.4. The third-order valence-electron chi connectivity index (χ3n) is 4.25. The van der Waals surface area contributed by atoms with E-state index < -0.39 is 5.91 Å². The van der Waals surface area contributed by atoms with Gasteiger partial charge in [-0.05, 0) is 43.5 Å². The average molecular weight is 409 g/mol. The Kier molecular flexibility index (Phi) is 13.1. The molecule has 8 nitrogen and oxygen atoms in total. The highest BCUT2D eigenvalue weighted by molar-refractivity contribution is 5.86. The number of primary amides is 1. The summed E-state index contributed by atoms with van der Waals surface area (Å²) in [6.45, 7) is 6.45. The molecule has 0 saturated heterocycles. The third kappa shape index (κ3) is 11.7. The van der Waals surface area contributed by atoms with Gasteiger partial charge in [0.05, 0.1) is 6.54 Å². The zero-order chi connectivity index (χ0) is 22.4. The number of hydrogen-bond acceptors (Lipinski definition) is 5. The van der Waals surface area contributed by atoms with Gasteiger partial charge in [-0.25, -0.2) is 0 Å². The van der Waals surface area contributed by atoms with E-state index in [0.29, 0.717) is 12.8 Å². The van der Waals surface area contributed by atoms with Gasteiger partial charge in [-0.15, -0.1) is 0 Å². The summed E-state index contributed by atoms with van der Waals surface area (Å²) < 4.78 is 0. The molecule has 6 N–H and O–H groups in total. The van der Waals surface area contributed by atoms with Crippen LogP contribution in [-0.4, -0.2) is 53.9 Å². The Hall–Kier alpha value is -2.61. The van der Waals surface area contributed by atoms with Gasteiger partial charge in [0.1, 0.15) is 5.75 Å². The lowest BCUT2D eigenvalue weighted by Crippen LogP contribution is -2.45. The van der Waals surface area contributed by atoms with Crippen LogP contribution in [-0.2, 0) is 20.8 Å². The lowest BCUT2D eigenvalue weighted by molar-refractivity contribution is -0.137. The van der Waals surface area contributed by atoms with Crippen molar-refractivity contribution >= 4 is 17.7 Å². The molecule has 2 unspecified atom stereocenters. The summed E-state index contributed by atoms with van der Waals surface area (Å²) in [4.78, 5) is 36.8. The molecule has 0 aliphatic heterocycles. The molecule has 0 saturated carbocycles. The highest BCUT2D eigenvalue weighted by Crippen LogP contribution is 2.14. The molecule has 0 aromatic heterocycles. The second-order valence-corrected chi connectivity index (χ2v) is 7.10. The fourth-order valence-electron chi connectivity index (χ4n) is 2.56. The summed E-state index contributed by atoms with van der Waals surface area (Å²) >= 11 is 0. The topological polar surface area (TPSA) is 139 Å². The molecule has 0 spiro atoms. The second kappa shape index (κ2) is 14.4. The van der Waals surface area contributed by atoms with Crippen LogP contribution >= 0.6 is 0 Å². The molecule has 2 atom stereocenters. The van der Waals surface area contributed by atoms with Gasteiger partial charge >= 0.3 is 0 Å². The van der Waals surface area contributed by atoms with E-state index in [9.17, 15) is 19.5 Å². The maximum Gasteiger partial charge on any atom is 0.239 e. The van der Waals surface area contributed by atoms with Gasteiger partial charge < -0.3 is 26.8 Å². The number of carbonyl (C=O) groups excluding carboxylic acids is 3. The summed E-state index contributed by atoms with van der Waals surface area (Å²) in [5.74, 6) is -1.06. The quantitative estimate of drug-likeness (QED) is 0.460. The monoisotopic (exact) mass is 408 g/mol. The standard InChI is InChI=1S/C18H27N3O4.C3H9N/c1-4-14(10-16(19)23)20-17(24)11-21(3)18(25)12(2)9-13-5-7-15(22)8-6-13;1-2-3-4/h5-8,12,14,22H,4,9-11H2,1-3H3,(H2,19,23)(H,20,24);2-4H2,1H3. The molecule has 8 heteroatoms. The molecule has 0 heterocycles. The van der Waals surface area contributed by atoms with Crippen molar-refractivity contribution in [2.24, 2.45) is 17.4 Å². The van der Waals surface area contributed by atoms with Crippen LogP contribution < -0.4 is 16.8 Å². The number of phenols is 1. The molecule has 3 amide bonds. The molecule has 0 radical (unpaired) electrons. The maximum absolute atomic E-state index is 12.4. The zero-order valence-corrected chi connectivity index (χ0v) is 18.0. The largest absolute Gasteiger partial charge is 0.508 e. The minimum atomic E-state index is -0.473. The zero-order valence-electron chi connectivity index (χ0n) is 18.0. The number of carbonyl (C=O) groups is 3. The van der Waals surface area contributed by atoms with Gasteiger partial charge in [-0.3, -0.25) is 14.4 Å². The number of phenolic OH excluding ortho intramolecular Hbond substituents is 1. The van der Waals surface area contributed by atoms with Crippen molar-refractivity contribution < 1.29 is 19.5 Å². The first-order valence-electron chi connectivity index (χ1n) is 9.95. The van der Waals surface area contributed by atoms with Gasteiger partial charge in [0, 0.05) is 25.4 Å². The Morgan fingerprint density at radius 2 is 1.72 bits per heavy atom. The Balaban J connectivity index is 0.00000178. The summed E-state index contributed by atoms with van der Waals surface area (Å²) in [6, 6.07) is 6.37. The summed E-state index contributed by atoms with van der Waals surface area (Å²) in [6.07, 6.45) is 2.28. The van der Waals surface area contributed by atoms with Gasteiger partial charge in [0.2, 0.25) is 17.7 Å². The van der Waals surface area contributed by atoms with Crippen molar-refractivity contribution in [3.63, 3.8) is 0 Å². The van der Waals surface area contributed by atoms with Crippen molar-refractivity contribution in [2.75, 3.05) is 20.1 Å². The SMILES string of the molecule is CCC(CC(N)=O)NC(=O)CN(C)C(=O)C(C)Cc1ccc(O)cc1.CCCN. The maximum atomic E-state index is 12.4. The van der Waals surface area contributed by atoms with Crippen molar-refractivity contribution in [2.45, 2.75) is 52.5 Å². The van der Waals surface area contributed by atoms with Crippen molar-refractivity contribution in [3.05, 3.63) is 29.8 Å². The van der Waals surface area contributed by atoms with Crippen molar-refractivity contribution in [1.29, 1.82) is 0 Å². The predicted molar refractivity (Wildman–Crippen MR) is 114 cm³/mol. The number of amides is 3. The molecular formula is C21H36N4O4. The van der Waals surface area contributed by atoms with Crippen LogP contribution in [0.3, 0.4) is 0 Å². The highest BCUT2D eigenvalue weighted by Gasteiger charge is 2.21. The van der Waals surface area contributed by atoms with E-state index in [1.165, 1.54) is 4.90 Å². The second-order valence-electron chi connectivity index (χ2n) is 7.10. The van der Waals surface area contributed by atoms with E-state index in [0.717, 1.165) is 18.5 Å². The summed E-state index contributed by atoms with van der Waals surface area (Å²) in [7, 11) is 1.57. The molecule has 0 aliphatic rings. The van der Waals surface area contributed by atoms with Crippen LogP contribution in [0.15, 0.2) is 24.3 Å². The first-order chi connectivity index (χ1) is 13.6. The summed E-state index contributed by atoms with van der Waals surface area (Å²) in [5.41, 5.74) is 11.1. The Bertz CT molecular complexity index is 632. The van der Waals surface area contributed by atoms with Gasteiger partial charge in [-0.2, -0.15) is 0 Å². The van der Waals surface area contributed by atoms with Crippen LogP contribution in [0.2, 0.25) is 0 Å². The number of nitrogens with one attached hydrogen (secondary N) is 1. The lowest BCUT2D eigenvalue weighted by Gasteiger charge is -2.22. The number of benzene rings is 1. The normalized spacial score (nSPS) is 12.2. The molecule has 0 bridgehead atoms. The number of rotatable bonds is 10. The molecular weight excluding hydrogens is 372 g/mol. The van der Waals surface area contributed by atoms with Gasteiger partial charge in [-0.1, -0.05) is 32.9 Å². The third-order valence-corrected chi connectivity index (χ3v) is 4.25.